The summed E-state index contributed by atoms with van der Waals surface area (Å²) < 4.78 is 5.16. The van der Waals surface area contributed by atoms with Crippen LogP contribution in [-0.2, 0) is 17.8 Å². The second-order valence-corrected chi connectivity index (χ2v) is 4.59. The molecule has 4 heteroatoms. The highest BCUT2D eigenvalue weighted by atomic mass is 16.5. The first-order valence-electron chi connectivity index (χ1n) is 6.35. The lowest BCUT2D eigenvalue weighted by molar-refractivity contribution is 0.209. The minimum atomic E-state index is 0.557. The molecule has 1 aromatic heterocycles. The van der Waals surface area contributed by atoms with E-state index >= 15 is 0 Å². The third-order valence-corrected chi connectivity index (χ3v) is 3.29. The van der Waals surface area contributed by atoms with E-state index < -0.39 is 0 Å². The van der Waals surface area contributed by atoms with Gasteiger partial charge in [0.15, 0.2) is 0 Å². The molecule has 0 spiro atoms. The Morgan fingerprint density at radius 2 is 2.39 bits per heavy atom. The van der Waals surface area contributed by atoms with Crippen molar-refractivity contribution < 1.29 is 4.74 Å². The van der Waals surface area contributed by atoms with E-state index in [0.717, 1.165) is 43.9 Å². The van der Waals surface area contributed by atoms with E-state index in [4.69, 9.17) is 10.5 Å². The van der Waals surface area contributed by atoms with Gasteiger partial charge in [0.1, 0.15) is 0 Å². The highest BCUT2D eigenvalue weighted by Gasteiger charge is 2.13. The predicted octanol–water partition coefficient (Wildman–Crippen LogP) is 1.32. The van der Waals surface area contributed by atoms with Crippen LogP contribution in [0.5, 0.6) is 0 Å². The molecule has 0 radical (unpaired) electrons. The lowest BCUT2D eigenvalue weighted by Gasteiger charge is -2.26. The molecule has 0 aliphatic carbocycles. The van der Waals surface area contributed by atoms with Crippen molar-refractivity contribution in [1.29, 1.82) is 0 Å². The predicted molar refractivity (Wildman–Crippen MR) is 72.0 cm³/mol. The fraction of sp³-hybridized carbons (Fsp3) is 0.500. The van der Waals surface area contributed by atoms with Gasteiger partial charge in [0.2, 0.25) is 0 Å². The number of ether oxygens (including phenoxy) is 1. The Morgan fingerprint density at radius 3 is 3.06 bits per heavy atom. The highest BCUT2D eigenvalue weighted by molar-refractivity contribution is 5.20. The van der Waals surface area contributed by atoms with Crippen molar-refractivity contribution in [3.8, 4) is 0 Å². The zero-order valence-corrected chi connectivity index (χ0v) is 10.9. The van der Waals surface area contributed by atoms with Gasteiger partial charge in [-0.2, -0.15) is 0 Å². The number of hydrogen-bond acceptors (Lipinski definition) is 4. The van der Waals surface area contributed by atoms with E-state index in [0.29, 0.717) is 6.54 Å². The van der Waals surface area contributed by atoms with E-state index in [1.165, 1.54) is 5.57 Å². The maximum absolute atomic E-state index is 5.73. The molecule has 0 amide bonds. The second-order valence-electron chi connectivity index (χ2n) is 4.59. The Labute approximate surface area is 108 Å². The van der Waals surface area contributed by atoms with E-state index in [9.17, 15) is 0 Å². The van der Waals surface area contributed by atoms with Crippen LogP contribution in [0.15, 0.2) is 30.0 Å². The van der Waals surface area contributed by atoms with E-state index in [2.05, 4.69) is 22.0 Å². The van der Waals surface area contributed by atoms with Gasteiger partial charge < -0.3 is 10.5 Å². The number of aromatic nitrogens is 1. The molecule has 0 saturated carbocycles. The molecule has 1 aromatic rings. The second kappa shape index (κ2) is 6.64. The van der Waals surface area contributed by atoms with Crippen molar-refractivity contribution >= 4 is 0 Å². The largest absolute Gasteiger partial charge is 0.380 e. The van der Waals surface area contributed by atoms with Crippen LogP contribution < -0.4 is 5.73 Å². The van der Waals surface area contributed by atoms with Gasteiger partial charge in [-0.05, 0) is 23.6 Å². The van der Waals surface area contributed by atoms with Gasteiger partial charge in [0, 0.05) is 39.5 Å². The average molecular weight is 247 g/mol. The molecular formula is C14H21N3O. The van der Waals surface area contributed by atoms with E-state index in [-0.39, 0.29) is 0 Å². The van der Waals surface area contributed by atoms with Crippen LogP contribution in [0, 0.1) is 0 Å². The molecule has 2 heterocycles. The zero-order chi connectivity index (χ0) is 12.8. The molecule has 4 nitrogen and oxygen atoms in total. The fourth-order valence-corrected chi connectivity index (χ4v) is 2.22. The quantitative estimate of drug-likeness (QED) is 0.797. The molecule has 2 N–H and O–H groups in total. The molecular weight excluding hydrogens is 226 g/mol. The third-order valence-electron chi connectivity index (χ3n) is 3.29. The Kier molecular flexibility index (Phi) is 4.87. The van der Waals surface area contributed by atoms with Crippen molar-refractivity contribution in [2.24, 2.45) is 5.73 Å². The Hall–Kier alpha value is -1.23. The Morgan fingerprint density at radius 1 is 1.50 bits per heavy atom. The number of nitrogens with zero attached hydrogens (tertiary/aromatic N) is 2. The van der Waals surface area contributed by atoms with Crippen molar-refractivity contribution in [3.63, 3.8) is 0 Å². The van der Waals surface area contributed by atoms with Crippen LogP contribution in [0.25, 0.3) is 0 Å². The van der Waals surface area contributed by atoms with E-state index in [1.807, 2.05) is 12.3 Å². The molecule has 1 aliphatic heterocycles. The summed E-state index contributed by atoms with van der Waals surface area (Å²) in [5.74, 6) is 0. The molecule has 0 unspecified atom stereocenters. The Bertz CT molecular complexity index is 417. The van der Waals surface area contributed by atoms with Crippen molar-refractivity contribution in [2.45, 2.75) is 19.5 Å². The first kappa shape index (κ1) is 13.2. The molecule has 2 rings (SSSR count). The fourth-order valence-electron chi connectivity index (χ4n) is 2.22. The maximum Gasteiger partial charge on any atom is 0.0673 e. The summed E-state index contributed by atoms with van der Waals surface area (Å²) in [6.07, 6.45) is 5.18. The average Bonchev–Trinajstić information content (AvgIpc) is 2.42. The molecule has 1 aliphatic rings. The van der Waals surface area contributed by atoms with Gasteiger partial charge in [-0.15, -0.1) is 0 Å². The number of pyridine rings is 1. The number of hydrogen-bond donors (Lipinski definition) is 1. The molecule has 0 fully saturated rings. The zero-order valence-electron chi connectivity index (χ0n) is 10.9. The summed E-state index contributed by atoms with van der Waals surface area (Å²) in [5, 5.41) is 0. The summed E-state index contributed by atoms with van der Waals surface area (Å²) in [6.45, 7) is 4.23. The van der Waals surface area contributed by atoms with Crippen LogP contribution >= 0.6 is 0 Å². The van der Waals surface area contributed by atoms with Gasteiger partial charge in [-0.1, -0.05) is 12.1 Å². The summed E-state index contributed by atoms with van der Waals surface area (Å²) in [5.41, 5.74) is 9.37. The summed E-state index contributed by atoms with van der Waals surface area (Å²) in [6, 6.07) is 4.00. The first-order valence-corrected chi connectivity index (χ1v) is 6.35. The van der Waals surface area contributed by atoms with Gasteiger partial charge in [0.25, 0.3) is 0 Å². The molecule has 0 saturated heterocycles. The van der Waals surface area contributed by atoms with Gasteiger partial charge >= 0.3 is 0 Å². The SMILES string of the molecule is COCC1=CCN(Cc2ncccc2CN)CC1. The molecule has 98 valence electrons. The topological polar surface area (TPSA) is 51.4 Å². The molecule has 0 aromatic carbocycles. The smallest absolute Gasteiger partial charge is 0.0673 e. The molecule has 18 heavy (non-hydrogen) atoms. The third kappa shape index (κ3) is 3.38. The summed E-state index contributed by atoms with van der Waals surface area (Å²) in [4.78, 5) is 6.82. The standard InChI is InChI=1S/C14H21N3O/c1-18-11-12-4-7-17(8-5-12)10-14-13(9-15)3-2-6-16-14/h2-4,6H,5,7-11,15H2,1H3. The monoisotopic (exact) mass is 247 g/mol. The van der Waals surface area contributed by atoms with Crippen LogP contribution in [0.2, 0.25) is 0 Å². The van der Waals surface area contributed by atoms with Crippen LogP contribution in [0.3, 0.4) is 0 Å². The normalized spacial score (nSPS) is 16.7. The maximum atomic E-state index is 5.73. The molecule has 0 atom stereocenters. The van der Waals surface area contributed by atoms with E-state index in [1.54, 1.807) is 7.11 Å². The lowest BCUT2D eigenvalue weighted by Crippen LogP contribution is -2.30. The highest BCUT2D eigenvalue weighted by Crippen LogP contribution is 2.14. The van der Waals surface area contributed by atoms with Crippen LogP contribution in [0.4, 0.5) is 0 Å². The minimum absolute atomic E-state index is 0.557. The van der Waals surface area contributed by atoms with Crippen LogP contribution in [-0.4, -0.2) is 36.7 Å². The lowest BCUT2D eigenvalue weighted by atomic mass is 10.1. The number of rotatable bonds is 5. The first-order chi connectivity index (χ1) is 8.83. The minimum Gasteiger partial charge on any atom is -0.380 e. The van der Waals surface area contributed by atoms with Crippen LogP contribution in [0.1, 0.15) is 17.7 Å². The van der Waals surface area contributed by atoms with Gasteiger partial charge in [0.05, 0.1) is 12.3 Å². The number of methoxy groups -OCH3 is 1. The molecule has 0 bridgehead atoms. The van der Waals surface area contributed by atoms with Crippen molar-refractivity contribution in [2.75, 3.05) is 26.8 Å². The Balaban J connectivity index is 1.95. The van der Waals surface area contributed by atoms with Gasteiger partial charge in [-0.25, -0.2) is 0 Å². The van der Waals surface area contributed by atoms with Crippen molar-refractivity contribution in [3.05, 3.63) is 41.2 Å². The van der Waals surface area contributed by atoms with Crippen molar-refractivity contribution in [1.82, 2.24) is 9.88 Å². The summed E-state index contributed by atoms with van der Waals surface area (Å²) in [7, 11) is 1.74. The number of nitrogens with two attached hydrogens (primary N) is 1. The summed E-state index contributed by atoms with van der Waals surface area (Å²) >= 11 is 0. The van der Waals surface area contributed by atoms with Gasteiger partial charge in [-0.3, -0.25) is 9.88 Å².